The molecule has 0 aliphatic carbocycles. The molecule has 17 heavy (non-hydrogen) atoms. The zero-order valence-electron chi connectivity index (χ0n) is 9.30. The summed E-state index contributed by atoms with van der Waals surface area (Å²) in [5.41, 5.74) is -0.912. The molecule has 0 saturated carbocycles. The molecule has 0 saturated heterocycles. The van der Waals surface area contributed by atoms with E-state index in [9.17, 15) is 13.2 Å². The van der Waals surface area contributed by atoms with Gasteiger partial charge in [0.1, 0.15) is 5.52 Å². The van der Waals surface area contributed by atoms with Gasteiger partial charge in [0.15, 0.2) is 5.76 Å². The average Bonchev–Trinajstić information content (AvgIpc) is 2.69. The molecule has 0 radical (unpaired) electrons. The third kappa shape index (κ3) is 2.00. The lowest BCUT2D eigenvalue weighted by atomic mass is 10.1. The highest BCUT2D eigenvalue weighted by Crippen LogP contribution is 2.36. The van der Waals surface area contributed by atoms with Gasteiger partial charge in [-0.3, -0.25) is 0 Å². The fourth-order valence-electron chi connectivity index (χ4n) is 1.66. The van der Waals surface area contributed by atoms with Crippen LogP contribution in [0.3, 0.4) is 0 Å². The Morgan fingerprint density at radius 1 is 1.35 bits per heavy atom. The zero-order chi connectivity index (χ0) is 12.6. The molecule has 1 unspecified atom stereocenters. The largest absolute Gasteiger partial charge is 0.418 e. The predicted molar refractivity (Wildman–Crippen MR) is 56.5 cm³/mol. The second kappa shape index (κ2) is 4.03. The molecule has 1 heterocycles. The minimum Gasteiger partial charge on any atom is -0.358 e. The first-order valence-electron chi connectivity index (χ1n) is 5.08. The van der Waals surface area contributed by atoms with E-state index in [4.69, 9.17) is 4.52 Å². The van der Waals surface area contributed by atoms with E-state index in [1.807, 2.05) is 0 Å². The van der Waals surface area contributed by atoms with Crippen molar-refractivity contribution in [1.82, 2.24) is 10.5 Å². The Kier molecular flexibility index (Phi) is 2.82. The number of fused-ring (bicyclic) bond motifs is 1. The van der Waals surface area contributed by atoms with Crippen molar-refractivity contribution in [3.8, 4) is 0 Å². The Morgan fingerprint density at radius 2 is 2.06 bits per heavy atom. The van der Waals surface area contributed by atoms with Gasteiger partial charge < -0.3 is 9.84 Å². The van der Waals surface area contributed by atoms with Crippen molar-refractivity contribution in [3.63, 3.8) is 0 Å². The molecule has 1 aromatic heterocycles. The Morgan fingerprint density at radius 3 is 2.65 bits per heavy atom. The average molecular weight is 244 g/mol. The topological polar surface area (TPSA) is 38.1 Å². The van der Waals surface area contributed by atoms with Crippen molar-refractivity contribution in [2.75, 3.05) is 7.05 Å². The number of hydrogen-bond acceptors (Lipinski definition) is 3. The van der Waals surface area contributed by atoms with Gasteiger partial charge >= 0.3 is 6.18 Å². The highest BCUT2D eigenvalue weighted by molar-refractivity contribution is 5.84. The first-order valence-corrected chi connectivity index (χ1v) is 5.08. The number of aromatic nitrogens is 1. The molecule has 0 spiro atoms. The molecule has 92 valence electrons. The van der Waals surface area contributed by atoms with Crippen LogP contribution in [-0.4, -0.2) is 12.2 Å². The molecule has 2 aromatic rings. The molecule has 1 atom stereocenters. The fraction of sp³-hybridized carbons (Fsp3) is 0.364. The summed E-state index contributed by atoms with van der Waals surface area (Å²) >= 11 is 0. The molecule has 1 N–H and O–H groups in total. The molecule has 0 amide bonds. The maximum Gasteiger partial charge on any atom is 0.418 e. The lowest BCUT2D eigenvalue weighted by molar-refractivity contribution is -0.136. The summed E-state index contributed by atoms with van der Waals surface area (Å²) in [4.78, 5) is 0. The summed E-state index contributed by atoms with van der Waals surface area (Å²) in [7, 11) is 1.70. The third-order valence-corrected chi connectivity index (χ3v) is 2.67. The number of nitrogens with zero attached hydrogens (tertiary/aromatic N) is 1. The van der Waals surface area contributed by atoms with E-state index in [0.717, 1.165) is 6.07 Å². The van der Waals surface area contributed by atoms with Crippen LogP contribution >= 0.6 is 0 Å². The molecule has 0 bridgehead atoms. The van der Waals surface area contributed by atoms with E-state index in [-0.39, 0.29) is 11.6 Å². The van der Waals surface area contributed by atoms with Crippen LogP contribution in [0.15, 0.2) is 22.7 Å². The molecule has 3 nitrogen and oxygen atoms in total. The van der Waals surface area contributed by atoms with Crippen molar-refractivity contribution in [1.29, 1.82) is 0 Å². The Balaban J connectivity index is 2.65. The van der Waals surface area contributed by atoms with E-state index >= 15 is 0 Å². The molecule has 0 aliphatic heterocycles. The summed E-state index contributed by atoms with van der Waals surface area (Å²) < 4.78 is 43.1. The van der Waals surface area contributed by atoms with E-state index in [1.165, 1.54) is 6.07 Å². The Hall–Kier alpha value is -1.56. The zero-order valence-corrected chi connectivity index (χ0v) is 9.30. The van der Waals surface area contributed by atoms with Crippen LogP contribution in [0, 0.1) is 0 Å². The van der Waals surface area contributed by atoms with E-state index in [2.05, 4.69) is 10.5 Å². The van der Waals surface area contributed by atoms with Crippen molar-refractivity contribution in [3.05, 3.63) is 29.5 Å². The van der Waals surface area contributed by atoms with Crippen LogP contribution < -0.4 is 5.32 Å². The van der Waals surface area contributed by atoms with Gasteiger partial charge in [-0.1, -0.05) is 11.2 Å². The van der Waals surface area contributed by atoms with Gasteiger partial charge in [0.25, 0.3) is 0 Å². The molecule has 0 fully saturated rings. The number of halogens is 3. The van der Waals surface area contributed by atoms with Crippen LogP contribution in [0.1, 0.15) is 24.3 Å². The molecule has 2 rings (SSSR count). The first kappa shape index (κ1) is 11.9. The second-order valence-electron chi connectivity index (χ2n) is 3.76. The molecule has 1 aromatic carbocycles. The number of nitrogens with one attached hydrogen (secondary N) is 1. The second-order valence-corrected chi connectivity index (χ2v) is 3.76. The minimum absolute atomic E-state index is 0.142. The fourth-order valence-corrected chi connectivity index (χ4v) is 1.66. The summed E-state index contributed by atoms with van der Waals surface area (Å²) in [5, 5.41) is 6.81. The van der Waals surface area contributed by atoms with Gasteiger partial charge in [0.05, 0.1) is 11.6 Å². The minimum atomic E-state index is -4.42. The van der Waals surface area contributed by atoms with E-state index in [0.29, 0.717) is 11.1 Å². The van der Waals surface area contributed by atoms with Crippen molar-refractivity contribution < 1.29 is 17.7 Å². The maximum atomic E-state index is 12.7. The lowest BCUT2D eigenvalue weighted by Gasteiger charge is -2.07. The molecular formula is C11H11F3N2O. The van der Waals surface area contributed by atoms with Gasteiger partial charge in [-0.2, -0.15) is 13.2 Å². The predicted octanol–water partition coefficient (Wildman–Crippen LogP) is 3.13. The monoisotopic (exact) mass is 244 g/mol. The molecule has 0 aliphatic rings. The number of benzene rings is 1. The first-order chi connectivity index (χ1) is 7.95. The maximum absolute atomic E-state index is 12.7. The van der Waals surface area contributed by atoms with Crippen molar-refractivity contribution in [2.24, 2.45) is 0 Å². The highest BCUT2D eigenvalue weighted by Gasteiger charge is 2.34. The Bertz CT molecular complexity index is 533. The Labute approximate surface area is 95.6 Å². The number of rotatable bonds is 2. The van der Waals surface area contributed by atoms with Gasteiger partial charge in [-0.05, 0) is 26.1 Å². The van der Waals surface area contributed by atoms with Crippen molar-refractivity contribution >= 4 is 10.9 Å². The van der Waals surface area contributed by atoms with E-state index < -0.39 is 11.7 Å². The number of alkyl halides is 3. The highest BCUT2D eigenvalue weighted by atomic mass is 19.4. The van der Waals surface area contributed by atoms with Gasteiger partial charge in [-0.15, -0.1) is 0 Å². The standard InChI is InChI=1S/C11H11F3N2O/c1-6(15-2)10-7-4-3-5-8(11(12,13)14)9(7)16-17-10/h3-6,15H,1-2H3. The summed E-state index contributed by atoms with van der Waals surface area (Å²) in [6.07, 6.45) is -4.42. The van der Waals surface area contributed by atoms with Crippen LogP contribution in [0.5, 0.6) is 0 Å². The van der Waals surface area contributed by atoms with Crippen molar-refractivity contribution in [2.45, 2.75) is 19.1 Å². The van der Waals surface area contributed by atoms with Crippen LogP contribution in [-0.2, 0) is 6.18 Å². The van der Waals surface area contributed by atoms with Crippen LogP contribution in [0.25, 0.3) is 10.9 Å². The lowest BCUT2D eigenvalue weighted by Crippen LogP contribution is -2.11. The van der Waals surface area contributed by atoms with Gasteiger partial charge in [0, 0.05) is 5.39 Å². The van der Waals surface area contributed by atoms with Crippen LogP contribution in [0.4, 0.5) is 13.2 Å². The summed E-state index contributed by atoms with van der Waals surface area (Å²) in [6.45, 7) is 1.79. The summed E-state index contributed by atoms with van der Waals surface area (Å²) in [5.74, 6) is 0.411. The summed E-state index contributed by atoms with van der Waals surface area (Å²) in [6, 6.07) is 3.74. The normalized spacial score (nSPS) is 14.2. The van der Waals surface area contributed by atoms with Gasteiger partial charge in [0.2, 0.25) is 0 Å². The molecular weight excluding hydrogens is 233 g/mol. The quantitative estimate of drug-likeness (QED) is 0.881. The molecule has 6 heteroatoms. The number of hydrogen-bond donors (Lipinski definition) is 1. The third-order valence-electron chi connectivity index (χ3n) is 2.67. The van der Waals surface area contributed by atoms with Crippen LogP contribution in [0.2, 0.25) is 0 Å². The smallest absolute Gasteiger partial charge is 0.358 e. The van der Waals surface area contributed by atoms with E-state index in [1.54, 1.807) is 20.0 Å². The van der Waals surface area contributed by atoms with Gasteiger partial charge in [-0.25, -0.2) is 0 Å². The SMILES string of the molecule is CNC(C)c1onc2c(C(F)(F)F)cccc12.